The van der Waals surface area contributed by atoms with Gasteiger partial charge in [-0.25, -0.2) is 8.42 Å². The highest BCUT2D eigenvalue weighted by Crippen LogP contribution is 2.32. The monoisotopic (exact) mass is 279 g/mol. The summed E-state index contributed by atoms with van der Waals surface area (Å²) in [4.78, 5) is 0.933. The highest BCUT2D eigenvalue weighted by Gasteiger charge is 2.21. The first-order chi connectivity index (χ1) is 7.05. The summed E-state index contributed by atoms with van der Waals surface area (Å²) in [7, 11) is -3.22. The first-order valence-electron chi connectivity index (χ1n) is 3.94. The molecule has 0 radical (unpaired) electrons. The lowest BCUT2D eigenvalue weighted by atomic mass is 10.4. The molecule has 0 spiro atoms. The summed E-state index contributed by atoms with van der Waals surface area (Å²) < 4.78 is 26.3. The molecule has 0 aliphatic carbocycles. The number of thioether (sulfide) groups is 2. The van der Waals surface area contributed by atoms with Crippen molar-refractivity contribution in [1.29, 1.82) is 0 Å². The number of hydrogen-bond acceptors (Lipinski definition) is 4. The van der Waals surface area contributed by atoms with Crippen molar-refractivity contribution in [3.8, 4) is 0 Å². The Morgan fingerprint density at radius 1 is 1.33 bits per heavy atom. The van der Waals surface area contributed by atoms with Crippen LogP contribution < -0.4 is 0 Å². The molecule has 0 unspecified atom stereocenters. The molecule has 3 nitrogen and oxygen atoms in total. The summed E-state index contributed by atoms with van der Waals surface area (Å²) in [6, 6.07) is 7.19. The second kappa shape index (κ2) is 4.37. The SMILES string of the molecule is O=S1(=O)CSC(Sc2ccc(Cl)cc2)=N1. The molecule has 1 aliphatic heterocycles. The van der Waals surface area contributed by atoms with E-state index in [9.17, 15) is 8.42 Å². The highest BCUT2D eigenvalue weighted by atomic mass is 35.5. The van der Waals surface area contributed by atoms with Crippen molar-refractivity contribution in [3.05, 3.63) is 29.3 Å². The number of halogens is 1. The van der Waals surface area contributed by atoms with Crippen LogP contribution in [-0.4, -0.2) is 17.9 Å². The minimum atomic E-state index is -3.22. The molecule has 0 saturated carbocycles. The van der Waals surface area contributed by atoms with Crippen LogP contribution in [0.5, 0.6) is 0 Å². The third kappa shape index (κ3) is 3.14. The van der Waals surface area contributed by atoms with Crippen LogP contribution in [-0.2, 0) is 10.0 Å². The second-order valence-electron chi connectivity index (χ2n) is 2.76. The molecule has 0 atom stereocenters. The van der Waals surface area contributed by atoms with Crippen LogP contribution in [0.4, 0.5) is 0 Å². The molecule has 7 heteroatoms. The van der Waals surface area contributed by atoms with Gasteiger partial charge < -0.3 is 0 Å². The first-order valence-corrected chi connectivity index (χ1v) is 7.73. The van der Waals surface area contributed by atoms with Gasteiger partial charge in [-0.15, -0.1) is 4.40 Å². The van der Waals surface area contributed by atoms with Crippen LogP contribution in [0.3, 0.4) is 0 Å². The third-order valence-electron chi connectivity index (χ3n) is 1.56. The maximum absolute atomic E-state index is 11.0. The van der Waals surface area contributed by atoms with E-state index in [2.05, 4.69) is 4.40 Å². The van der Waals surface area contributed by atoms with Gasteiger partial charge in [-0.1, -0.05) is 35.1 Å². The largest absolute Gasteiger partial charge is 0.264 e. The Morgan fingerprint density at radius 2 is 2.00 bits per heavy atom. The quantitative estimate of drug-likeness (QED) is 0.793. The molecule has 2 rings (SSSR count). The summed E-state index contributed by atoms with van der Waals surface area (Å²) >= 11 is 8.31. The van der Waals surface area contributed by atoms with E-state index in [4.69, 9.17) is 11.6 Å². The van der Waals surface area contributed by atoms with E-state index in [0.29, 0.717) is 9.40 Å². The summed E-state index contributed by atoms with van der Waals surface area (Å²) in [5.74, 6) is 0. The smallest absolute Gasteiger partial charge is 0.204 e. The summed E-state index contributed by atoms with van der Waals surface area (Å²) in [6.07, 6.45) is 0. The zero-order valence-electron chi connectivity index (χ0n) is 7.38. The number of benzene rings is 1. The number of nitrogens with zero attached hydrogens (tertiary/aromatic N) is 1. The van der Waals surface area contributed by atoms with Crippen LogP contribution in [0.15, 0.2) is 33.6 Å². The second-order valence-corrected chi connectivity index (χ2v) is 7.48. The molecule has 1 aromatic carbocycles. The zero-order chi connectivity index (χ0) is 10.9. The van der Waals surface area contributed by atoms with Gasteiger partial charge in [0.2, 0.25) is 0 Å². The van der Waals surface area contributed by atoms with Gasteiger partial charge in [0.15, 0.2) is 0 Å². The number of hydrogen-bond donors (Lipinski definition) is 0. The lowest BCUT2D eigenvalue weighted by molar-refractivity contribution is 0.603. The standard InChI is InChI=1S/C8H6ClNO2S3/c9-6-1-3-7(4-2-6)14-8-10-15(11,12)5-13-8/h1-4H,5H2. The van der Waals surface area contributed by atoms with Crippen LogP contribution >= 0.6 is 35.1 Å². The minimum absolute atomic E-state index is 0.0446. The molecule has 0 aromatic heterocycles. The van der Waals surface area contributed by atoms with E-state index < -0.39 is 10.0 Å². The van der Waals surface area contributed by atoms with Crippen molar-refractivity contribution in [3.63, 3.8) is 0 Å². The average molecular weight is 280 g/mol. The summed E-state index contributed by atoms with van der Waals surface area (Å²) in [5.41, 5.74) is 0. The molecular weight excluding hydrogens is 274 g/mol. The Bertz CT molecular complexity index is 495. The number of rotatable bonds is 1. The lowest BCUT2D eigenvalue weighted by Crippen LogP contribution is -1.90. The van der Waals surface area contributed by atoms with Gasteiger partial charge in [0, 0.05) is 9.92 Å². The van der Waals surface area contributed by atoms with Crippen molar-refractivity contribution >= 4 is 49.5 Å². The van der Waals surface area contributed by atoms with Gasteiger partial charge in [0.05, 0.1) is 0 Å². The van der Waals surface area contributed by atoms with E-state index in [1.165, 1.54) is 23.5 Å². The predicted molar refractivity (Wildman–Crippen MR) is 66.1 cm³/mol. The fraction of sp³-hybridized carbons (Fsp3) is 0.125. The van der Waals surface area contributed by atoms with Gasteiger partial charge >= 0.3 is 0 Å². The topological polar surface area (TPSA) is 46.5 Å². The molecule has 0 fully saturated rings. The Morgan fingerprint density at radius 3 is 2.53 bits per heavy atom. The Labute approximate surface area is 101 Å². The molecule has 15 heavy (non-hydrogen) atoms. The molecule has 0 N–H and O–H groups in total. The average Bonchev–Trinajstić information content (AvgIpc) is 2.50. The molecular formula is C8H6ClNO2S3. The van der Waals surface area contributed by atoms with E-state index in [1.54, 1.807) is 12.1 Å². The maximum Gasteiger partial charge on any atom is 0.264 e. The van der Waals surface area contributed by atoms with Crippen molar-refractivity contribution in [2.75, 3.05) is 5.08 Å². The third-order valence-corrected chi connectivity index (χ3v) is 5.89. The molecule has 1 aliphatic rings. The van der Waals surface area contributed by atoms with Crippen molar-refractivity contribution < 1.29 is 8.42 Å². The van der Waals surface area contributed by atoms with Gasteiger partial charge in [-0.3, -0.25) is 0 Å². The molecule has 0 bridgehead atoms. The molecule has 1 heterocycles. The Kier molecular flexibility index (Phi) is 3.30. The fourth-order valence-corrected chi connectivity index (χ4v) is 4.98. The van der Waals surface area contributed by atoms with Crippen LogP contribution in [0.25, 0.3) is 0 Å². The summed E-state index contributed by atoms with van der Waals surface area (Å²) in [5, 5.41) is 0.705. The van der Waals surface area contributed by atoms with E-state index in [1.807, 2.05) is 12.1 Å². The first kappa shape index (κ1) is 11.3. The molecule has 0 amide bonds. The molecule has 0 saturated heterocycles. The van der Waals surface area contributed by atoms with Gasteiger partial charge in [0.25, 0.3) is 10.0 Å². The highest BCUT2D eigenvalue weighted by molar-refractivity contribution is 8.43. The lowest BCUT2D eigenvalue weighted by Gasteiger charge is -1.98. The normalized spacial score (nSPS) is 18.9. The number of sulfonamides is 1. The van der Waals surface area contributed by atoms with E-state index in [-0.39, 0.29) is 5.08 Å². The van der Waals surface area contributed by atoms with Crippen LogP contribution in [0.1, 0.15) is 0 Å². The fourth-order valence-electron chi connectivity index (χ4n) is 0.943. The molecule has 80 valence electrons. The van der Waals surface area contributed by atoms with Gasteiger partial charge in [-0.05, 0) is 24.3 Å². The van der Waals surface area contributed by atoms with Gasteiger partial charge in [0.1, 0.15) is 9.46 Å². The van der Waals surface area contributed by atoms with E-state index >= 15 is 0 Å². The maximum atomic E-state index is 11.0. The zero-order valence-corrected chi connectivity index (χ0v) is 10.6. The molecule has 1 aromatic rings. The minimum Gasteiger partial charge on any atom is -0.204 e. The van der Waals surface area contributed by atoms with Crippen LogP contribution in [0.2, 0.25) is 5.02 Å². The summed E-state index contributed by atoms with van der Waals surface area (Å²) in [6.45, 7) is 0. The van der Waals surface area contributed by atoms with E-state index in [0.717, 1.165) is 4.90 Å². The van der Waals surface area contributed by atoms with Crippen LogP contribution in [0, 0.1) is 0 Å². The van der Waals surface area contributed by atoms with Crippen molar-refractivity contribution in [1.82, 2.24) is 0 Å². The van der Waals surface area contributed by atoms with Crippen molar-refractivity contribution in [2.24, 2.45) is 4.40 Å². The Hall–Kier alpha value is -0.170. The van der Waals surface area contributed by atoms with Gasteiger partial charge in [-0.2, -0.15) is 0 Å². The predicted octanol–water partition coefficient (Wildman–Crippen LogP) is 2.82. The van der Waals surface area contributed by atoms with Crippen molar-refractivity contribution in [2.45, 2.75) is 4.90 Å². The Balaban J connectivity index is 2.14.